The molecular formula is C14H17FN4O. The standard InChI is InChI=1S/C14H17FN4O/c1-8(2)14-18-12(16)7-13(19-14)17-11-6-9(20-3)4-5-10(11)15/h4-8H,1-3H3,(H3,16,17,18,19). The Balaban J connectivity index is 2.34. The molecule has 0 aliphatic heterocycles. The van der Waals surface area contributed by atoms with Crippen LogP contribution in [0.2, 0.25) is 0 Å². The number of rotatable bonds is 4. The summed E-state index contributed by atoms with van der Waals surface area (Å²) >= 11 is 0. The third-order valence-electron chi connectivity index (χ3n) is 2.72. The number of ether oxygens (including phenoxy) is 1. The summed E-state index contributed by atoms with van der Waals surface area (Å²) in [5.41, 5.74) is 6.01. The molecule has 0 aliphatic carbocycles. The molecule has 5 nitrogen and oxygen atoms in total. The molecular weight excluding hydrogens is 259 g/mol. The fourth-order valence-corrected chi connectivity index (χ4v) is 1.67. The van der Waals surface area contributed by atoms with E-state index in [0.717, 1.165) is 0 Å². The number of benzene rings is 1. The highest BCUT2D eigenvalue weighted by atomic mass is 19.1. The monoisotopic (exact) mass is 276 g/mol. The Morgan fingerprint density at radius 3 is 2.65 bits per heavy atom. The molecule has 0 saturated heterocycles. The molecule has 0 aliphatic rings. The van der Waals surface area contributed by atoms with E-state index in [4.69, 9.17) is 10.5 Å². The summed E-state index contributed by atoms with van der Waals surface area (Å²) in [6, 6.07) is 6.00. The number of anilines is 3. The first kappa shape index (κ1) is 14.0. The smallest absolute Gasteiger partial charge is 0.146 e. The Morgan fingerprint density at radius 1 is 1.25 bits per heavy atom. The minimum absolute atomic E-state index is 0.134. The molecule has 2 rings (SSSR count). The first-order valence-corrected chi connectivity index (χ1v) is 6.24. The van der Waals surface area contributed by atoms with Crippen molar-refractivity contribution < 1.29 is 9.13 Å². The van der Waals surface area contributed by atoms with Crippen LogP contribution in [0.3, 0.4) is 0 Å². The second-order valence-corrected chi connectivity index (χ2v) is 4.66. The van der Waals surface area contributed by atoms with E-state index in [9.17, 15) is 4.39 Å². The molecule has 2 aromatic rings. The first-order valence-electron chi connectivity index (χ1n) is 6.24. The van der Waals surface area contributed by atoms with E-state index < -0.39 is 5.82 Å². The predicted molar refractivity (Wildman–Crippen MR) is 76.8 cm³/mol. The topological polar surface area (TPSA) is 73.1 Å². The molecule has 6 heteroatoms. The average Bonchev–Trinajstić information content (AvgIpc) is 2.40. The summed E-state index contributed by atoms with van der Waals surface area (Å²) in [4.78, 5) is 8.45. The number of hydrogen-bond donors (Lipinski definition) is 2. The van der Waals surface area contributed by atoms with E-state index in [2.05, 4.69) is 15.3 Å². The third-order valence-corrected chi connectivity index (χ3v) is 2.72. The lowest BCUT2D eigenvalue weighted by Crippen LogP contribution is -2.05. The molecule has 0 fully saturated rings. The van der Waals surface area contributed by atoms with Crippen LogP contribution in [0.25, 0.3) is 0 Å². The molecule has 0 saturated carbocycles. The number of aromatic nitrogens is 2. The number of nitrogen functional groups attached to an aromatic ring is 1. The second kappa shape index (κ2) is 5.73. The number of methoxy groups -OCH3 is 1. The van der Waals surface area contributed by atoms with Crippen LogP contribution in [0, 0.1) is 5.82 Å². The van der Waals surface area contributed by atoms with Crippen molar-refractivity contribution >= 4 is 17.3 Å². The van der Waals surface area contributed by atoms with Gasteiger partial charge in [-0.1, -0.05) is 13.8 Å². The zero-order chi connectivity index (χ0) is 14.7. The molecule has 1 aromatic heterocycles. The van der Waals surface area contributed by atoms with Crippen molar-refractivity contribution in [2.75, 3.05) is 18.2 Å². The van der Waals surface area contributed by atoms with Gasteiger partial charge in [0.2, 0.25) is 0 Å². The maximum Gasteiger partial charge on any atom is 0.146 e. The molecule has 1 heterocycles. The Bertz CT molecular complexity index is 616. The van der Waals surface area contributed by atoms with Gasteiger partial charge in [-0.25, -0.2) is 14.4 Å². The van der Waals surface area contributed by atoms with E-state index >= 15 is 0 Å². The van der Waals surface area contributed by atoms with Gasteiger partial charge in [-0.2, -0.15) is 0 Å². The molecule has 20 heavy (non-hydrogen) atoms. The van der Waals surface area contributed by atoms with Gasteiger partial charge in [-0.15, -0.1) is 0 Å². The van der Waals surface area contributed by atoms with Crippen LogP contribution >= 0.6 is 0 Å². The minimum Gasteiger partial charge on any atom is -0.497 e. The lowest BCUT2D eigenvalue weighted by molar-refractivity contribution is 0.414. The Hall–Kier alpha value is -2.37. The van der Waals surface area contributed by atoms with Crippen molar-refractivity contribution in [2.45, 2.75) is 19.8 Å². The van der Waals surface area contributed by atoms with Gasteiger partial charge in [0.25, 0.3) is 0 Å². The molecule has 0 amide bonds. The summed E-state index contributed by atoms with van der Waals surface area (Å²) < 4.78 is 18.8. The minimum atomic E-state index is -0.394. The highest BCUT2D eigenvalue weighted by Crippen LogP contribution is 2.25. The molecule has 0 atom stereocenters. The summed E-state index contributed by atoms with van der Waals surface area (Å²) in [5.74, 6) is 1.70. The lowest BCUT2D eigenvalue weighted by Gasteiger charge is -2.11. The molecule has 0 bridgehead atoms. The van der Waals surface area contributed by atoms with Crippen molar-refractivity contribution in [3.05, 3.63) is 35.9 Å². The van der Waals surface area contributed by atoms with Gasteiger partial charge < -0.3 is 15.8 Å². The first-order chi connectivity index (χ1) is 9.49. The third kappa shape index (κ3) is 3.14. The van der Waals surface area contributed by atoms with Gasteiger partial charge in [0.05, 0.1) is 12.8 Å². The van der Waals surface area contributed by atoms with E-state index in [1.807, 2.05) is 13.8 Å². The van der Waals surface area contributed by atoms with Crippen LogP contribution < -0.4 is 15.8 Å². The van der Waals surface area contributed by atoms with Crippen molar-refractivity contribution in [1.29, 1.82) is 0 Å². The fourth-order valence-electron chi connectivity index (χ4n) is 1.67. The van der Waals surface area contributed by atoms with Gasteiger partial charge in [0, 0.05) is 18.1 Å². The van der Waals surface area contributed by atoms with Crippen molar-refractivity contribution in [3.8, 4) is 5.75 Å². The van der Waals surface area contributed by atoms with Crippen LogP contribution in [0.1, 0.15) is 25.6 Å². The molecule has 0 unspecified atom stereocenters. The number of halogens is 1. The summed E-state index contributed by atoms with van der Waals surface area (Å²) in [6.07, 6.45) is 0. The Labute approximate surface area is 117 Å². The van der Waals surface area contributed by atoms with E-state index in [1.54, 1.807) is 18.2 Å². The van der Waals surface area contributed by atoms with Crippen molar-refractivity contribution in [1.82, 2.24) is 9.97 Å². The highest BCUT2D eigenvalue weighted by Gasteiger charge is 2.09. The molecule has 0 radical (unpaired) electrons. The van der Waals surface area contributed by atoms with Crippen LogP contribution in [-0.4, -0.2) is 17.1 Å². The summed E-state index contributed by atoms with van der Waals surface area (Å²) in [6.45, 7) is 3.93. The van der Waals surface area contributed by atoms with Gasteiger partial charge in [-0.3, -0.25) is 0 Å². The second-order valence-electron chi connectivity index (χ2n) is 4.66. The van der Waals surface area contributed by atoms with Crippen LogP contribution in [0.5, 0.6) is 5.75 Å². The molecule has 0 spiro atoms. The quantitative estimate of drug-likeness (QED) is 0.897. The fraction of sp³-hybridized carbons (Fsp3) is 0.286. The van der Waals surface area contributed by atoms with E-state index in [0.29, 0.717) is 23.2 Å². The van der Waals surface area contributed by atoms with Crippen molar-refractivity contribution in [2.24, 2.45) is 0 Å². The molecule has 1 aromatic carbocycles. The van der Waals surface area contributed by atoms with E-state index in [-0.39, 0.29) is 11.6 Å². The van der Waals surface area contributed by atoms with Gasteiger partial charge in [0.15, 0.2) is 0 Å². The molecule has 106 valence electrons. The summed E-state index contributed by atoms with van der Waals surface area (Å²) in [7, 11) is 1.52. The van der Waals surface area contributed by atoms with Crippen LogP contribution in [0.4, 0.5) is 21.7 Å². The van der Waals surface area contributed by atoms with Crippen LogP contribution in [0.15, 0.2) is 24.3 Å². The maximum absolute atomic E-state index is 13.8. The van der Waals surface area contributed by atoms with E-state index in [1.165, 1.54) is 13.2 Å². The largest absolute Gasteiger partial charge is 0.497 e. The van der Waals surface area contributed by atoms with Gasteiger partial charge >= 0.3 is 0 Å². The SMILES string of the molecule is COc1ccc(F)c(Nc2cc(N)nc(C(C)C)n2)c1. The van der Waals surface area contributed by atoms with Gasteiger partial charge in [0.1, 0.15) is 29.0 Å². The zero-order valence-corrected chi connectivity index (χ0v) is 11.6. The number of hydrogen-bond acceptors (Lipinski definition) is 5. The molecule has 3 N–H and O–H groups in total. The lowest BCUT2D eigenvalue weighted by atomic mass is 10.2. The van der Waals surface area contributed by atoms with Crippen LogP contribution in [-0.2, 0) is 0 Å². The maximum atomic E-state index is 13.8. The number of nitrogens with zero attached hydrogens (tertiary/aromatic N) is 2. The number of nitrogens with one attached hydrogen (secondary N) is 1. The normalized spacial score (nSPS) is 10.7. The summed E-state index contributed by atoms with van der Waals surface area (Å²) in [5, 5.41) is 2.90. The highest BCUT2D eigenvalue weighted by molar-refractivity contribution is 5.61. The van der Waals surface area contributed by atoms with Crippen molar-refractivity contribution in [3.63, 3.8) is 0 Å². The Kier molecular flexibility index (Phi) is 4.02. The number of nitrogens with two attached hydrogens (primary N) is 1. The predicted octanol–water partition coefficient (Wildman–Crippen LogP) is 3.07. The van der Waals surface area contributed by atoms with Gasteiger partial charge in [-0.05, 0) is 12.1 Å². The zero-order valence-electron chi connectivity index (χ0n) is 11.6. The average molecular weight is 276 g/mol. The Morgan fingerprint density at radius 2 is 2.00 bits per heavy atom.